The van der Waals surface area contributed by atoms with Crippen LogP contribution in [-0.4, -0.2) is 50.5 Å². The number of β-amino-alcohol motifs (C(OH)–C–C–N with tert-alkyl or cyclic N) is 1. The van der Waals surface area contributed by atoms with Crippen molar-refractivity contribution < 1.29 is 19.2 Å². The average Bonchev–Trinajstić information content (AvgIpc) is 3.53. The second-order valence-electron chi connectivity index (χ2n) is 9.95. The third-order valence-corrected chi connectivity index (χ3v) is 7.79. The molecule has 0 saturated carbocycles. The minimum absolute atomic E-state index is 0.00776. The van der Waals surface area contributed by atoms with Gasteiger partial charge in [0.25, 0.3) is 0 Å². The van der Waals surface area contributed by atoms with Crippen molar-refractivity contribution in [2.75, 3.05) is 6.54 Å². The summed E-state index contributed by atoms with van der Waals surface area (Å²) in [5.74, 6) is -0.310. The number of likely N-dealkylation sites (tertiary alicyclic amines) is 1. The Kier molecular flexibility index (Phi) is 7.52. The molecule has 8 heteroatoms. The molecule has 1 saturated heterocycles. The lowest BCUT2D eigenvalue weighted by molar-refractivity contribution is -0.140. The minimum atomic E-state index is -0.714. The number of Topliss-reactive ketones (excluding diaryl/α,β-unsaturated/α-hetero) is 1. The largest absolute Gasteiger partial charge is 0.391 e. The lowest BCUT2D eigenvalue weighted by Gasteiger charge is -2.29. The van der Waals surface area contributed by atoms with Gasteiger partial charge in [0.1, 0.15) is 11.7 Å². The van der Waals surface area contributed by atoms with Crippen molar-refractivity contribution >= 4 is 23.0 Å². The van der Waals surface area contributed by atoms with E-state index in [1.54, 1.807) is 22.3 Å². The predicted molar refractivity (Wildman–Crippen MR) is 135 cm³/mol. The Morgan fingerprint density at radius 3 is 2.49 bits per heavy atom. The number of aliphatic hydroxyl groups is 1. The highest BCUT2D eigenvalue weighted by Gasteiger charge is 2.43. The van der Waals surface area contributed by atoms with E-state index in [9.17, 15) is 14.7 Å². The molecule has 0 spiro atoms. The van der Waals surface area contributed by atoms with Crippen molar-refractivity contribution in [2.45, 2.75) is 71.4 Å². The van der Waals surface area contributed by atoms with Crippen molar-refractivity contribution in [2.24, 2.45) is 5.92 Å². The monoisotopic (exact) mass is 495 g/mol. The second kappa shape index (κ2) is 10.4. The van der Waals surface area contributed by atoms with Gasteiger partial charge in [-0.2, -0.15) is 0 Å². The summed E-state index contributed by atoms with van der Waals surface area (Å²) >= 11 is 1.61. The summed E-state index contributed by atoms with van der Waals surface area (Å²) in [6, 6.07) is 9.38. The molecule has 1 fully saturated rings. The van der Waals surface area contributed by atoms with E-state index in [-0.39, 0.29) is 36.5 Å². The number of ketones is 1. The lowest BCUT2D eigenvalue weighted by Crippen LogP contribution is -2.44. The van der Waals surface area contributed by atoms with Crippen molar-refractivity contribution in [1.82, 2.24) is 15.0 Å². The summed E-state index contributed by atoms with van der Waals surface area (Å²) in [6.07, 6.45) is -0.149. The van der Waals surface area contributed by atoms with Gasteiger partial charge in [0, 0.05) is 25.5 Å². The molecule has 0 aliphatic carbocycles. The SMILES string of the molecule is Cc1cc([C@@H](C(=O)N2C[C@H](O)C[C@H]2C(=O)C[C@@H](C)c2ccc(-c3scnc3C)cc2)C(C)C)on1. The molecule has 1 N–H and O–H groups in total. The quantitative estimate of drug-likeness (QED) is 0.478. The van der Waals surface area contributed by atoms with Crippen LogP contribution in [0.25, 0.3) is 10.4 Å². The fourth-order valence-electron chi connectivity index (χ4n) is 4.90. The summed E-state index contributed by atoms with van der Waals surface area (Å²) in [4.78, 5) is 34.0. The Morgan fingerprint density at radius 1 is 1.20 bits per heavy atom. The molecule has 3 aromatic rings. The van der Waals surface area contributed by atoms with Gasteiger partial charge in [-0.15, -0.1) is 11.3 Å². The van der Waals surface area contributed by atoms with Crippen LogP contribution in [0, 0.1) is 19.8 Å². The molecule has 0 radical (unpaired) electrons. The number of rotatable bonds is 8. The molecule has 186 valence electrons. The van der Waals surface area contributed by atoms with Crippen LogP contribution in [0.15, 0.2) is 40.4 Å². The molecular formula is C27H33N3O4S. The molecule has 7 nitrogen and oxygen atoms in total. The van der Waals surface area contributed by atoms with Crippen LogP contribution in [0.4, 0.5) is 0 Å². The maximum atomic E-state index is 13.6. The highest BCUT2D eigenvalue weighted by Crippen LogP contribution is 2.33. The number of hydrogen-bond acceptors (Lipinski definition) is 7. The summed E-state index contributed by atoms with van der Waals surface area (Å²) in [5, 5.41) is 14.3. The number of carbonyl (C=O) groups is 2. The lowest BCUT2D eigenvalue weighted by atomic mass is 9.89. The van der Waals surface area contributed by atoms with Gasteiger partial charge in [-0.3, -0.25) is 9.59 Å². The van der Waals surface area contributed by atoms with E-state index in [1.807, 2.05) is 40.1 Å². The first-order valence-corrected chi connectivity index (χ1v) is 13.0. The Balaban J connectivity index is 1.47. The molecule has 1 aliphatic heterocycles. The molecular weight excluding hydrogens is 462 g/mol. The van der Waals surface area contributed by atoms with E-state index in [2.05, 4.69) is 34.4 Å². The van der Waals surface area contributed by atoms with E-state index in [0.29, 0.717) is 17.9 Å². The smallest absolute Gasteiger partial charge is 0.234 e. The van der Waals surface area contributed by atoms with Gasteiger partial charge in [0.2, 0.25) is 5.91 Å². The number of nitrogens with zero attached hydrogens (tertiary/aromatic N) is 3. The molecule has 0 bridgehead atoms. The highest BCUT2D eigenvalue weighted by molar-refractivity contribution is 7.13. The fourth-order valence-corrected chi connectivity index (χ4v) is 5.72. The first-order valence-electron chi connectivity index (χ1n) is 12.1. The standard InChI is InChI=1S/C27H33N3O4S/c1-15(2)25(24-11-17(4)29-34-24)27(33)30-13-21(31)12-22(30)23(32)10-16(3)19-6-8-20(9-7-19)26-18(5)28-14-35-26/h6-9,11,14-16,21-22,25,31H,10,12-13H2,1-5H3/t16-,21-,22+,25+/m1/s1. The van der Waals surface area contributed by atoms with Crippen LogP contribution in [-0.2, 0) is 9.59 Å². The summed E-state index contributed by atoms with van der Waals surface area (Å²) in [5.41, 5.74) is 5.74. The number of aliphatic hydroxyl groups excluding tert-OH is 1. The molecule has 4 atom stereocenters. The maximum absolute atomic E-state index is 13.6. The van der Waals surface area contributed by atoms with Crippen molar-refractivity contribution in [3.8, 4) is 10.4 Å². The number of benzene rings is 1. The van der Waals surface area contributed by atoms with E-state index >= 15 is 0 Å². The Labute approximate surface area is 210 Å². The number of amides is 1. The van der Waals surface area contributed by atoms with E-state index in [0.717, 1.165) is 21.7 Å². The number of hydrogen-bond donors (Lipinski definition) is 1. The normalized spacial score (nSPS) is 19.8. The van der Waals surface area contributed by atoms with E-state index < -0.39 is 18.1 Å². The highest BCUT2D eigenvalue weighted by atomic mass is 32.1. The number of carbonyl (C=O) groups excluding carboxylic acids is 2. The van der Waals surface area contributed by atoms with Crippen LogP contribution in [0.5, 0.6) is 0 Å². The van der Waals surface area contributed by atoms with Gasteiger partial charge in [0.05, 0.1) is 33.9 Å². The zero-order chi connectivity index (χ0) is 25.3. The summed E-state index contributed by atoms with van der Waals surface area (Å²) < 4.78 is 5.41. The average molecular weight is 496 g/mol. The van der Waals surface area contributed by atoms with Crippen molar-refractivity contribution in [1.29, 1.82) is 0 Å². The Bertz CT molecular complexity index is 1180. The zero-order valence-corrected chi connectivity index (χ0v) is 21.7. The molecule has 2 aromatic heterocycles. The maximum Gasteiger partial charge on any atom is 0.234 e. The molecule has 35 heavy (non-hydrogen) atoms. The molecule has 4 rings (SSSR count). The van der Waals surface area contributed by atoms with Gasteiger partial charge in [-0.25, -0.2) is 4.98 Å². The van der Waals surface area contributed by atoms with Gasteiger partial charge in [0.15, 0.2) is 5.78 Å². The Hall–Kier alpha value is -2.84. The van der Waals surface area contributed by atoms with Gasteiger partial charge < -0.3 is 14.5 Å². The summed E-state index contributed by atoms with van der Waals surface area (Å²) in [7, 11) is 0. The molecule has 1 aliphatic rings. The first kappa shape index (κ1) is 25.3. The molecule has 1 amide bonds. The summed E-state index contributed by atoms with van der Waals surface area (Å²) in [6.45, 7) is 9.89. The van der Waals surface area contributed by atoms with E-state index in [1.165, 1.54) is 0 Å². The number of thiazole rings is 1. The number of aromatic nitrogens is 2. The zero-order valence-electron chi connectivity index (χ0n) is 20.9. The van der Waals surface area contributed by atoms with Gasteiger partial charge in [-0.05, 0) is 36.8 Å². The van der Waals surface area contributed by atoms with Crippen LogP contribution in [0.1, 0.15) is 68.2 Å². The topological polar surface area (TPSA) is 96.5 Å². The predicted octanol–water partition coefficient (Wildman–Crippen LogP) is 4.88. The molecule has 3 heterocycles. The van der Waals surface area contributed by atoms with Crippen LogP contribution < -0.4 is 0 Å². The van der Waals surface area contributed by atoms with Gasteiger partial charge >= 0.3 is 0 Å². The third-order valence-electron chi connectivity index (χ3n) is 6.81. The fraction of sp³-hybridized carbons (Fsp3) is 0.481. The number of aryl methyl sites for hydroxylation is 2. The second-order valence-corrected chi connectivity index (χ2v) is 10.8. The molecule has 0 unspecified atom stereocenters. The van der Waals surface area contributed by atoms with Crippen molar-refractivity contribution in [3.63, 3.8) is 0 Å². The van der Waals surface area contributed by atoms with Crippen LogP contribution >= 0.6 is 11.3 Å². The first-order chi connectivity index (χ1) is 16.7. The molecule has 1 aromatic carbocycles. The van der Waals surface area contributed by atoms with E-state index in [4.69, 9.17) is 4.52 Å². The van der Waals surface area contributed by atoms with Crippen LogP contribution in [0.2, 0.25) is 0 Å². The minimum Gasteiger partial charge on any atom is -0.391 e. The van der Waals surface area contributed by atoms with Gasteiger partial charge in [-0.1, -0.05) is 50.2 Å². The Morgan fingerprint density at radius 2 is 1.91 bits per heavy atom. The van der Waals surface area contributed by atoms with Crippen LogP contribution in [0.3, 0.4) is 0 Å². The van der Waals surface area contributed by atoms with Crippen molar-refractivity contribution in [3.05, 3.63) is 58.6 Å². The third kappa shape index (κ3) is 5.38.